The highest BCUT2D eigenvalue weighted by atomic mass is 79.9. The van der Waals surface area contributed by atoms with Crippen molar-refractivity contribution in [1.82, 2.24) is 0 Å². The van der Waals surface area contributed by atoms with Crippen LogP contribution in [0.4, 0.5) is 0 Å². The molecule has 0 spiro atoms. The maximum Gasteiger partial charge on any atom is 0.0773 e. The Morgan fingerprint density at radius 2 is 2.00 bits per heavy atom. The lowest BCUT2D eigenvalue weighted by molar-refractivity contribution is 0.196. The van der Waals surface area contributed by atoms with Crippen LogP contribution in [0, 0.1) is 0 Å². The van der Waals surface area contributed by atoms with Crippen molar-refractivity contribution >= 4 is 27.7 Å². The molecule has 0 aliphatic heterocycles. The summed E-state index contributed by atoms with van der Waals surface area (Å²) in [6.45, 7) is 1.84. The van der Waals surface area contributed by atoms with E-state index in [9.17, 15) is 5.11 Å². The molecule has 0 heterocycles. The summed E-state index contributed by atoms with van der Waals surface area (Å²) >= 11 is 5.42. The average molecular weight is 315 g/mol. The van der Waals surface area contributed by atoms with Gasteiger partial charge in [0.25, 0.3) is 0 Å². The van der Waals surface area contributed by atoms with E-state index in [-0.39, 0.29) is 0 Å². The quantitative estimate of drug-likeness (QED) is 0.853. The summed E-state index contributed by atoms with van der Waals surface area (Å²) in [6.07, 6.45) is 6.36. The first-order chi connectivity index (χ1) is 8.16. The van der Waals surface area contributed by atoms with Crippen molar-refractivity contribution in [2.75, 3.05) is 0 Å². The Hall–Kier alpha value is 0.01000. The molecule has 1 N–H and O–H groups in total. The molecule has 0 bridgehead atoms. The highest BCUT2D eigenvalue weighted by molar-refractivity contribution is 9.10. The van der Waals surface area contributed by atoms with E-state index in [0.29, 0.717) is 0 Å². The number of rotatable bonds is 3. The minimum absolute atomic E-state index is 0.390. The summed E-state index contributed by atoms with van der Waals surface area (Å²) < 4.78 is 1.04. The Kier molecular flexibility index (Phi) is 4.95. The molecule has 0 radical (unpaired) electrons. The molecule has 1 aromatic carbocycles. The number of benzene rings is 1. The normalized spacial score (nSPS) is 19.2. The van der Waals surface area contributed by atoms with Crippen LogP contribution in [0.3, 0.4) is 0 Å². The van der Waals surface area contributed by atoms with Crippen molar-refractivity contribution in [2.24, 2.45) is 0 Å². The average Bonchev–Trinajstić information content (AvgIpc) is 2.32. The summed E-state index contributed by atoms with van der Waals surface area (Å²) in [5.74, 6) is 0. The van der Waals surface area contributed by atoms with Crippen molar-refractivity contribution in [3.8, 4) is 0 Å². The predicted octanol–water partition coefficient (Wildman–Crippen LogP) is 4.93. The first-order valence-electron chi connectivity index (χ1n) is 6.31. The topological polar surface area (TPSA) is 20.2 Å². The van der Waals surface area contributed by atoms with Gasteiger partial charge < -0.3 is 5.11 Å². The van der Waals surface area contributed by atoms with Gasteiger partial charge in [0.15, 0.2) is 0 Å². The third-order valence-corrected chi connectivity index (χ3v) is 5.19. The van der Waals surface area contributed by atoms with Gasteiger partial charge in [-0.15, -0.1) is 11.8 Å². The lowest BCUT2D eigenvalue weighted by atomic mass is 10.0. The number of hydrogen-bond donors (Lipinski definition) is 1. The maximum atomic E-state index is 9.82. The Bertz CT molecular complexity index is 372. The molecule has 1 atom stereocenters. The maximum absolute atomic E-state index is 9.82. The minimum atomic E-state index is -0.390. The molecule has 1 aliphatic rings. The Morgan fingerprint density at radius 1 is 1.29 bits per heavy atom. The zero-order valence-corrected chi connectivity index (χ0v) is 12.6. The molecule has 2 rings (SSSR count). The molecule has 0 saturated heterocycles. The van der Waals surface area contributed by atoms with Crippen LogP contribution in [0.5, 0.6) is 0 Å². The van der Waals surface area contributed by atoms with Crippen molar-refractivity contribution < 1.29 is 5.11 Å². The van der Waals surface area contributed by atoms with E-state index in [0.717, 1.165) is 15.3 Å². The molecular weight excluding hydrogens is 296 g/mol. The monoisotopic (exact) mass is 314 g/mol. The van der Waals surface area contributed by atoms with E-state index in [1.54, 1.807) is 0 Å². The van der Waals surface area contributed by atoms with Crippen LogP contribution in [-0.4, -0.2) is 10.4 Å². The lowest BCUT2D eigenvalue weighted by Gasteiger charge is -2.22. The number of thioether (sulfide) groups is 1. The molecule has 1 aromatic rings. The predicted molar refractivity (Wildman–Crippen MR) is 77.5 cm³/mol. The van der Waals surface area contributed by atoms with Crippen LogP contribution in [0.15, 0.2) is 27.6 Å². The highest BCUT2D eigenvalue weighted by Crippen LogP contribution is 2.37. The van der Waals surface area contributed by atoms with Crippen LogP contribution >= 0.6 is 27.7 Å². The molecule has 1 unspecified atom stereocenters. The molecule has 0 aromatic heterocycles. The molecular formula is C14H19BrOS. The number of hydrogen-bond acceptors (Lipinski definition) is 2. The van der Waals surface area contributed by atoms with Crippen LogP contribution in [0.2, 0.25) is 0 Å². The van der Waals surface area contributed by atoms with Crippen LogP contribution in [0.1, 0.15) is 50.7 Å². The van der Waals surface area contributed by atoms with E-state index in [1.807, 2.05) is 24.8 Å². The van der Waals surface area contributed by atoms with E-state index < -0.39 is 6.10 Å². The summed E-state index contributed by atoms with van der Waals surface area (Å²) in [5.41, 5.74) is 1.05. The number of aliphatic hydroxyl groups is 1. The smallest absolute Gasteiger partial charge is 0.0773 e. The second-order valence-electron chi connectivity index (χ2n) is 4.74. The van der Waals surface area contributed by atoms with E-state index in [4.69, 9.17) is 0 Å². The van der Waals surface area contributed by atoms with Gasteiger partial charge in [0.1, 0.15) is 0 Å². The number of aliphatic hydroxyl groups excluding tert-OH is 1. The van der Waals surface area contributed by atoms with Gasteiger partial charge in [0.05, 0.1) is 6.10 Å². The van der Waals surface area contributed by atoms with Crippen molar-refractivity contribution in [3.63, 3.8) is 0 Å². The summed E-state index contributed by atoms with van der Waals surface area (Å²) in [5, 5.41) is 10.6. The van der Waals surface area contributed by atoms with E-state index in [2.05, 4.69) is 28.1 Å². The van der Waals surface area contributed by atoms with Gasteiger partial charge in [-0.05, 0) is 43.5 Å². The van der Waals surface area contributed by atoms with Crippen molar-refractivity contribution in [1.29, 1.82) is 0 Å². The second-order valence-corrected chi connectivity index (χ2v) is 6.99. The van der Waals surface area contributed by atoms with E-state index >= 15 is 0 Å². The van der Waals surface area contributed by atoms with Gasteiger partial charge in [-0.3, -0.25) is 0 Å². The Labute approximate surface area is 116 Å². The van der Waals surface area contributed by atoms with Gasteiger partial charge in [-0.25, -0.2) is 0 Å². The molecule has 1 saturated carbocycles. The molecule has 1 aliphatic carbocycles. The molecule has 3 heteroatoms. The molecule has 0 amide bonds. The standard InChI is InChI=1S/C14H19BrOS/c1-10(16)13-9-11(15)7-8-14(13)17-12-5-3-2-4-6-12/h7-10,12,16H,2-6H2,1H3. The van der Waals surface area contributed by atoms with Gasteiger partial charge >= 0.3 is 0 Å². The van der Waals surface area contributed by atoms with Gasteiger partial charge in [-0.1, -0.05) is 35.2 Å². The number of halogens is 1. The Morgan fingerprint density at radius 3 is 2.65 bits per heavy atom. The van der Waals surface area contributed by atoms with Crippen LogP contribution < -0.4 is 0 Å². The first kappa shape index (κ1) is 13.4. The van der Waals surface area contributed by atoms with Gasteiger partial charge in [-0.2, -0.15) is 0 Å². The molecule has 17 heavy (non-hydrogen) atoms. The second kappa shape index (κ2) is 6.26. The summed E-state index contributed by atoms with van der Waals surface area (Å²) in [7, 11) is 0. The minimum Gasteiger partial charge on any atom is -0.389 e. The fourth-order valence-corrected chi connectivity index (χ4v) is 4.13. The lowest BCUT2D eigenvalue weighted by Crippen LogP contribution is -2.08. The largest absolute Gasteiger partial charge is 0.389 e. The van der Waals surface area contributed by atoms with Gasteiger partial charge in [0.2, 0.25) is 0 Å². The van der Waals surface area contributed by atoms with Crippen LogP contribution in [0.25, 0.3) is 0 Å². The molecule has 1 nitrogen and oxygen atoms in total. The van der Waals surface area contributed by atoms with E-state index in [1.165, 1.54) is 37.0 Å². The molecule has 94 valence electrons. The first-order valence-corrected chi connectivity index (χ1v) is 7.98. The third kappa shape index (κ3) is 3.73. The highest BCUT2D eigenvalue weighted by Gasteiger charge is 2.17. The fourth-order valence-electron chi connectivity index (χ4n) is 2.32. The zero-order chi connectivity index (χ0) is 12.3. The van der Waals surface area contributed by atoms with Crippen LogP contribution in [-0.2, 0) is 0 Å². The molecule has 1 fully saturated rings. The summed E-state index contributed by atoms with van der Waals surface area (Å²) in [6, 6.07) is 6.23. The van der Waals surface area contributed by atoms with Crippen molar-refractivity contribution in [3.05, 3.63) is 28.2 Å². The fraction of sp³-hybridized carbons (Fsp3) is 0.571. The SMILES string of the molecule is CC(O)c1cc(Br)ccc1SC1CCCCC1. The zero-order valence-electron chi connectivity index (χ0n) is 10.2. The van der Waals surface area contributed by atoms with Crippen molar-refractivity contribution in [2.45, 2.75) is 55.3 Å². The third-order valence-electron chi connectivity index (χ3n) is 3.27. The summed E-state index contributed by atoms with van der Waals surface area (Å²) in [4.78, 5) is 1.25. The van der Waals surface area contributed by atoms with Gasteiger partial charge in [0, 0.05) is 14.6 Å². The Balaban J connectivity index is 2.13.